The topological polar surface area (TPSA) is 48.7 Å². The summed E-state index contributed by atoms with van der Waals surface area (Å²) in [4.78, 5) is 11.4. The van der Waals surface area contributed by atoms with E-state index in [0.717, 1.165) is 42.8 Å². The fourth-order valence-electron chi connectivity index (χ4n) is 4.23. The zero-order valence-corrected chi connectivity index (χ0v) is 18.8. The highest BCUT2D eigenvalue weighted by atomic mass is 16.5. The van der Waals surface area contributed by atoms with Crippen LogP contribution >= 0.6 is 0 Å². The van der Waals surface area contributed by atoms with Gasteiger partial charge in [-0.2, -0.15) is 0 Å². The molecule has 0 saturated heterocycles. The molecule has 0 atom stereocenters. The van der Waals surface area contributed by atoms with E-state index in [1.165, 1.54) is 5.56 Å². The van der Waals surface area contributed by atoms with Gasteiger partial charge < -0.3 is 13.9 Å². The van der Waals surface area contributed by atoms with Crippen molar-refractivity contribution in [3.8, 4) is 17.6 Å². The Bertz CT molecular complexity index is 953. The van der Waals surface area contributed by atoms with Gasteiger partial charge >= 0.3 is 5.97 Å². The molecule has 4 heteroatoms. The molecule has 2 aromatic rings. The summed E-state index contributed by atoms with van der Waals surface area (Å²) in [5.74, 6) is 8.71. The number of carbonyl (C=O) groups excluding carboxylic acids is 1. The lowest BCUT2D eigenvalue weighted by Gasteiger charge is -2.42. The molecule has 0 aliphatic carbocycles. The smallest absolute Gasteiger partial charge is 0.305 e. The summed E-state index contributed by atoms with van der Waals surface area (Å²) in [5.41, 5.74) is 2.04. The number of carbonyl (C=O) groups is 1. The number of rotatable bonds is 6. The van der Waals surface area contributed by atoms with Crippen LogP contribution < -0.4 is 4.74 Å². The maximum Gasteiger partial charge on any atom is 0.305 e. The second-order valence-corrected chi connectivity index (χ2v) is 9.16. The van der Waals surface area contributed by atoms with Gasteiger partial charge in [0.05, 0.1) is 6.61 Å². The summed E-state index contributed by atoms with van der Waals surface area (Å²) >= 11 is 0. The third-order valence-corrected chi connectivity index (χ3v) is 5.31. The molecular formula is C26H32O4. The molecular weight excluding hydrogens is 376 g/mol. The maximum absolute atomic E-state index is 11.4. The van der Waals surface area contributed by atoms with Crippen LogP contribution in [0.3, 0.4) is 0 Å². The van der Waals surface area contributed by atoms with Crippen LogP contribution in [0.2, 0.25) is 0 Å². The Kier molecular flexibility index (Phi) is 6.61. The minimum atomic E-state index is -0.162. The van der Waals surface area contributed by atoms with Crippen LogP contribution in [0.5, 0.6) is 5.75 Å². The van der Waals surface area contributed by atoms with E-state index in [0.29, 0.717) is 18.8 Å². The molecule has 1 aromatic heterocycles. The highest BCUT2D eigenvalue weighted by Gasteiger charge is 2.38. The first kappa shape index (κ1) is 22.0. The van der Waals surface area contributed by atoms with Crippen LogP contribution in [-0.4, -0.2) is 18.2 Å². The van der Waals surface area contributed by atoms with Crippen LogP contribution in [-0.2, 0) is 21.4 Å². The summed E-state index contributed by atoms with van der Waals surface area (Å²) in [6.07, 6.45) is 3.89. The second kappa shape index (κ2) is 9.00. The Morgan fingerprint density at radius 1 is 1.10 bits per heavy atom. The molecule has 1 aliphatic heterocycles. The molecule has 0 bridgehead atoms. The standard InChI is InChI=1S/C26H32O4/c1-6-28-24(27)10-8-7-9-20-14-15-21(29-20)13-11-19-12-16-23-22(17-19)25(2,3)18-26(4,5)30-23/h12,14-17H,6-10,18H2,1-5H3. The molecule has 160 valence electrons. The molecule has 4 nitrogen and oxygen atoms in total. The first-order chi connectivity index (χ1) is 14.2. The summed E-state index contributed by atoms with van der Waals surface area (Å²) < 4.78 is 16.9. The molecule has 2 heterocycles. The van der Waals surface area contributed by atoms with Crippen molar-refractivity contribution in [1.82, 2.24) is 0 Å². The second-order valence-electron chi connectivity index (χ2n) is 9.16. The Morgan fingerprint density at radius 3 is 2.67 bits per heavy atom. The minimum Gasteiger partial charge on any atom is -0.488 e. The van der Waals surface area contributed by atoms with Crippen molar-refractivity contribution in [3.63, 3.8) is 0 Å². The van der Waals surface area contributed by atoms with Crippen molar-refractivity contribution in [2.24, 2.45) is 0 Å². The normalized spacial score (nSPS) is 16.0. The zero-order chi connectivity index (χ0) is 21.8. The van der Waals surface area contributed by atoms with Crippen LogP contribution in [0.1, 0.15) is 82.9 Å². The monoisotopic (exact) mass is 408 g/mol. The van der Waals surface area contributed by atoms with Crippen LogP contribution in [0, 0.1) is 11.8 Å². The van der Waals surface area contributed by atoms with E-state index in [1.807, 2.05) is 31.2 Å². The molecule has 30 heavy (non-hydrogen) atoms. The molecule has 0 fully saturated rings. The van der Waals surface area contributed by atoms with Crippen molar-refractivity contribution in [1.29, 1.82) is 0 Å². The van der Waals surface area contributed by atoms with Crippen LogP contribution in [0.25, 0.3) is 0 Å². The van der Waals surface area contributed by atoms with Crippen molar-refractivity contribution < 1.29 is 18.7 Å². The predicted octanol–water partition coefficient (Wildman–Crippen LogP) is 5.79. The lowest BCUT2D eigenvalue weighted by molar-refractivity contribution is -0.143. The summed E-state index contributed by atoms with van der Waals surface area (Å²) in [6, 6.07) is 10.0. The fourth-order valence-corrected chi connectivity index (χ4v) is 4.23. The molecule has 3 rings (SSSR count). The molecule has 0 amide bonds. The number of fused-ring (bicyclic) bond motifs is 1. The van der Waals surface area contributed by atoms with Gasteiger partial charge in [0.2, 0.25) is 0 Å². The molecule has 0 spiro atoms. The Hall–Kier alpha value is -2.67. The third kappa shape index (κ3) is 5.69. The van der Waals surface area contributed by atoms with Gasteiger partial charge in [-0.3, -0.25) is 4.79 Å². The van der Waals surface area contributed by atoms with Gasteiger partial charge in [-0.05, 0) is 81.7 Å². The van der Waals surface area contributed by atoms with E-state index in [1.54, 1.807) is 0 Å². The number of hydrogen-bond acceptors (Lipinski definition) is 4. The summed E-state index contributed by atoms with van der Waals surface area (Å²) in [6.45, 7) is 11.0. The minimum absolute atomic E-state index is 0.0379. The highest BCUT2D eigenvalue weighted by molar-refractivity contribution is 5.69. The molecule has 1 aromatic carbocycles. The predicted molar refractivity (Wildman–Crippen MR) is 118 cm³/mol. The summed E-state index contributed by atoms with van der Waals surface area (Å²) in [7, 11) is 0. The zero-order valence-electron chi connectivity index (χ0n) is 18.8. The van der Waals surface area contributed by atoms with Crippen molar-refractivity contribution in [2.75, 3.05) is 6.61 Å². The van der Waals surface area contributed by atoms with E-state index < -0.39 is 0 Å². The number of hydrogen-bond donors (Lipinski definition) is 0. The van der Waals surface area contributed by atoms with Gasteiger partial charge in [-0.15, -0.1) is 0 Å². The summed E-state index contributed by atoms with van der Waals surface area (Å²) in [5, 5.41) is 0. The van der Waals surface area contributed by atoms with E-state index in [2.05, 4.69) is 45.6 Å². The average molecular weight is 409 g/mol. The number of esters is 1. The Balaban J connectivity index is 1.61. The quantitative estimate of drug-likeness (QED) is 0.345. The molecule has 0 radical (unpaired) electrons. The largest absolute Gasteiger partial charge is 0.488 e. The maximum atomic E-state index is 11.4. The number of unbranched alkanes of at least 4 members (excludes halogenated alkanes) is 1. The van der Waals surface area contributed by atoms with Crippen molar-refractivity contribution in [3.05, 3.63) is 53.0 Å². The third-order valence-electron chi connectivity index (χ3n) is 5.31. The van der Waals surface area contributed by atoms with Crippen LogP contribution in [0.15, 0.2) is 34.7 Å². The SMILES string of the molecule is CCOC(=O)CCCCc1ccc(C#Cc2ccc3c(c2)C(C)(C)CC(C)(C)O3)o1. The molecule has 0 saturated carbocycles. The van der Waals surface area contributed by atoms with E-state index in [4.69, 9.17) is 13.9 Å². The van der Waals surface area contributed by atoms with Crippen LogP contribution in [0.4, 0.5) is 0 Å². The van der Waals surface area contributed by atoms with E-state index in [9.17, 15) is 4.79 Å². The highest BCUT2D eigenvalue weighted by Crippen LogP contribution is 2.44. The molecule has 0 unspecified atom stereocenters. The first-order valence-corrected chi connectivity index (χ1v) is 10.8. The van der Waals surface area contributed by atoms with Crippen molar-refractivity contribution in [2.45, 2.75) is 77.7 Å². The Labute approximate surface area is 180 Å². The van der Waals surface area contributed by atoms with Gasteiger partial charge in [-0.25, -0.2) is 0 Å². The number of ether oxygens (including phenoxy) is 2. The van der Waals surface area contributed by atoms with Gasteiger partial charge in [0, 0.05) is 24.0 Å². The van der Waals surface area contributed by atoms with E-state index in [-0.39, 0.29) is 17.0 Å². The number of benzene rings is 1. The Morgan fingerprint density at radius 2 is 1.90 bits per heavy atom. The average Bonchev–Trinajstić information content (AvgIpc) is 3.10. The lowest BCUT2D eigenvalue weighted by Crippen LogP contribution is -2.41. The van der Waals surface area contributed by atoms with Gasteiger partial charge in [-0.1, -0.05) is 19.8 Å². The van der Waals surface area contributed by atoms with Gasteiger partial charge in [0.1, 0.15) is 17.1 Å². The van der Waals surface area contributed by atoms with Gasteiger partial charge in [0.25, 0.3) is 0 Å². The van der Waals surface area contributed by atoms with Crippen molar-refractivity contribution >= 4 is 5.97 Å². The van der Waals surface area contributed by atoms with E-state index >= 15 is 0 Å². The van der Waals surface area contributed by atoms with Gasteiger partial charge in [0.15, 0.2) is 5.76 Å². The lowest BCUT2D eigenvalue weighted by atomic mass is 9.73. The molecule has 0 N–H and O–H groups in total. The first-order valence-electron chi connectivity index (χ1n) is 10.8. The number of aryl methyl sites for hydroxylation is 1. The fraction of sp³-hybridized carbons (Fsp3) is 0.500. The number of furan rings is 1. The molecule has 1 aliphatic rings.